The number of nitrogens with zero attached hydrogens (tertiary/aromatic N) is 2. The number of hydrogen-bond acceptors (Lipinski definition) is 6. The summed E-state index contributed by atoms with van der Waals surface area (Å²) in [5.74, 6) is 4.94. The van der Waals surface area contributed by atoms with Crippen molar-refractivity contribution < 1.29 is 4.52 Å². The number of aromatic nitrogens is 2. The molecule has 0 radical (unpaired) electrons. The Morgan fingerprint density at radius 3 is 2.82 bits per heavy atom. The third kappa shape index (κ3) is 5.79. The molecule has 4 nitrogen and oxygen atoms in total. The summed E-state index contributed by atoms with van der Waals surface area (Å²) in [7, 11) is 0. The van der Waals surface area contributed by atoms with Crippen LogP contribution in [0.2, 0.25) is 0 Å². The zero-order chi connectivity index (χ0) is 12.7. The van der Waals surface area contributed by atoms with E-state index in [9.17, 15) is 0 Å². The van der Waals surface area contributed by atoms with Crippen LogP contribution < -0.4 is 5.73 Å². The van der Waals surface area contributed by atoms with E-state index >= 15 is 0 Å². The Labute approximate surface area is 111 Å². The van der Waals surface area contributed by atoms with Gasteiger partial charge >= 0.3 is 0 Å². The van der Waals surface area contributed by atoms with E-state index in [2.05, 4.69) is 30.2 Å². The van der Waals surface area contributed by atoms with E-state index in [1.54, 1.807) is 11.8 Å². The second-order valence-electron chi connectivity index (χ2n) is 4.35. The molecule has 1 atom stereocenters. The van der Waals surface area contributed by atoms with Gasteiger partial charge in [-0.1, -0.05) is 19.0 Å². The lowest BCUT2D eigenvalue weighted by atomic mass is 10.2. The average Bonchev–Trinajstić information content (AvgIpc) is 2.74. The fraction of sp³-hybridized carbons (Fsp3) is 0.818. The van der Waals surface area contributed by atoms with E-state index in [1.807, 2.05) is 11.8 Å². The molecule has 0 bridgehead atoms. The van der Waals surface area contributed by atoms with Crippen molar-refractivity contribution in [3.63, 3.8) is 0 Å². The monoisotopic (exact) mass is 275 g/mol. The fourth-order valence-corrected chi connectivity index (χ4v) is 2.61. The minimum Gasteiger partial charge on any atom is -0.338 e. The van der Waals surface area contributed by atoms with Crippen LogP contribution in [0.4, 0.5) is 0 Å². The molecule has 6 heteroatoms. The van der Waals surface area contributed by atoms with Crippen LogP contribution in [0.1, 0.15) is 38.0 Å². The van der Waals surface area contributed by atoms with Crippen molar-refractivity contribution >= 4 is 23.5 Å². The fourth-order valence-electron chi connectivity index (χ4n) is 1.23. The van der Waals surface area contributed by atoms with E-state index in [-0.39, 0.29) is 6.04 Å². The molecule has 0 aliphatic rings. The Balaban J connectivity index is 2.36. The second kappa shape index (κ2) is 8.00. The third-order valence-electron chi connectivity index (χ3n) is 2.12. The van der Waals surface area contributed by atoms with Gasteiger partial charge in [0.05, 0.1) is 11.8 Å². The molecular formula is C11H21N3OS2. The van der Waals surface area contributed by atoms with E-state index in [1.165, 1.54) is 0 Å². The van der Waals surface area contributed by atoms with Crippen molar-refractivity contribution in [3.8, 4) is 0 Å². The summed E-state index contributed by atoms with van der Waals surface area (Å²) in [4.78, 5) is 4.33. The van der Waals surface area contributed by atoms with E-state index in [0.717, 1.165) is 29.5 Å². The molecule has 1 rings (SSSR count). The van der Waals surface area contributed by atoms with Crippen molar-refractivity contribution in [2.24, 2.45) is 11.7 Å². The van der Waals surface area contributed by atoms with Crippen LogP contribution in [-0.4, -0.2) is 27.9 Å². The highest BCUT2D eigenvalue weighted by atomic mass is 32.2. The van der Waals surface area contributed by atoms with Crippen LogP contribution in [-0.2, 0) is 5.75 Å². The quantitative estimate of drug-likeness (QED) is 0.787. The first kappa shape index (κ1) is 14.9. The Bertz CT molecular complexity index is 317. The Morgan fingerprint density at radius 2 is 2.18 bits per heavy atom. The molecule has 0 saturated heterocycles. The number of rotatable bonds is 8. The highest BCUT2D eigenvalue weighted by Crippen LogP contribution is 2.17. The molecule has 1 aromatic rings. The first-order valence-corrected chi connectivity index (χ1v) is 8.33. The predicted molar refractivity (Wildman–Crippen MR) is 75.2 cm³/mol. The summed E-state index contributed by atoms with van der Waals surface area (Å²) in [5, 5.41) is 3.95. The normalized spacial score (nSPS) is 13.2. The highest BCUT2D eigenvalue weighted by molar-refractivity contribution is 7.98. The Morgan fingerprint density at radius 1 is 1.41 bits per heavy atom. The van der Waals surface area contributed by atoms with Gasteiger partial charge in [0, 0.05) is 0 Å². The zero-order valence-electron chi connectivity index (χ0n) is 10.7. The second-order valence-corrected chi connectivity index (χ2v) is 6.36. The van der Waals surface area contributed by atoms with Crippen molar-refractivity contribution in [2.45, 2.75) is 32.1 Å². The van der Waals surface area contributed by atoms with Crippen molar-refractivity contribution in [3.05, 3.63) is 11.7 Å². The highest BCUT2D eigenvalue weighted by Gasteiger charge is 2.14. The summed E-state index contributed by atoms with van der Waals surface area (Å²) < 4.78 is 5.17. The first-order valence-electron chi connectivity index (χ1n) is 5.78. The molecule has 0 aliphatic heterocycles. The van der Waals surface area contributed by atoms with Crippen LogP contribution in [0, 0.1) is 5.92 Å². The van der Waals surface area contributed by atoms with Crippen molar-refractivity contribution in [2.75, 3.05) is 17.8 Å². The van der Waals surface area contributed by atoms with Crippen LogP contribution in [0.15, 0.2) is 4.52 Å². The molecule has 98 valence electrons. The minimum atomic E-state index is -0.126. The summed E-state index contributed by atoms with van der Waals surface area (Å²) in [6.07, 6.45) is 2.94. The molecule has 0 amide bonds. The smallest absolute Gasteiger partial charge is 0.243 e. The zero-order valence-corrected chi connectivity index (χ0v) is 12.3. The maximum Gasteiger partial charge on any atom is 0.243 e. The van der Waals surface area contributed by atoms with Gasteiger partial charge in [-0.05, 0) is 30.1 Å². The third-order valence-corrected chi connectivity index (χ3v) is 4.12. The molecule has 17 heavy (non-hydrogen) atoms. The summed E-state index contributed by atoms with van der Waals surface area (Å²) in [5.41, 5.74) is 5.95. The van der Waals surface area contributed by atoms with Crippen LogP contribution in [0.5, 0.6) is 0 Å². The van der Waals surface area contributed by atoms with Gasteiger partial charge in [0.25, 0.3) is 0 Å². The Kier molecular flexibility index (Phi) is 6.99. The SMILES string of the molecule is CSCCC(N)c1nc(CSCC(C)C)no1. The standard InChI is InChI=1S/C11H21N3OS2/c1-8(2)6-17-7-10-13-11(15-14-10)9(12)4-5-16-3/h8-9H,4-7,12H2,1-3H3. The molecule has 1 heterocycles. The van der Waals surface area contributed by atoms with E-state index in [4.69, 9.17) is 10.3 Å². The molecule has 0 saturated carbocycles. The molecular weight excluding hydrogens is 254 g/mol. The van der Waals surface area contributed by atoms with Crippen molar-refractivity contribution in [1.82, 2.24) is 10.1 Å². The van der Waals surface area contributed by atoms with Gasteiger partial charge in [0.1, 0.15) is 0 Å². The molecule has 2 N–H and O–H groups in total. The van der Waals surface area contributed by atoms with Crippen LogP contribution >= 0.6 is 23.5 Å². The van der Waals surface area contributed by atoms with Gasteiger partial charge in [-0.25, -0.2) is 0 Å². The molecule has 1 aromatic heterocycles. The van der Waals surface area contributed by atoms with Gasteiger partial charge in [0.15, 0.2) is 5.82 Å². The molecule has 0 aromatic carbocycles. The summed E-state index contributed by atoms with van der Waals surface area (Å²) in [6.45, 7) is 4.40. The number of nitrogens with two attached hydrogens (primary N) is 1. The van der Waals surface area contributed by atoms with Gasteiger partial charge in [0.2, 0.25) is 5.89 Å². The van der Waals surface area contributed by atoms with Gasteiger partial charge in [-0.3, -0.25) is 0 Å². The van der Waals surface area contributed by atoms with Gasteiger partial charge in [-0.2, -0.15) is 28.5 Å². The topological polar surface area (TPSA) is 64.9 Å². The number of thioether (sulfide) groups is 2. The number of hydrogen-bond donors (Lipinski definition) is 1. The molecule has 0 fully saturated rings. The maximum absolute atomic E-state index is 5.95. The van der Waals surface area contributed by atoms with Crippen molar-refractivity contribution in [1.29, 1.82) is 0 Å². The van der Waals surface area contributed by atoms with Gasteiger partial charge in [-0.15, -0.1) is 0 Å². The van der Waals surface area contributed by atoms with E-state index in [0.29, 0.717) is 11.8 Å². The lowest BCUT2D eigenvalue weighted by Crippen LogP contribution is -2.11. The largest absolute Gasteiger partial charge is 0.338 e. The molecule has 1 unspecified atom stereocenters. The maximum atomic E-state index is 5.95. The minimum absolute atomic E-state index is 0.126. The van der Waals surface area contributed by atoms with Crippen LogP contribution in [0.3, 0.4) is 0 Å². The molecule has 0 spiro atoms. The first-order chi connectivity index (χ1) is 8.13. The summed E-state index contributed by atoms with van der Waals surface area (Å²) >= 11 is 3.60. The molecule has 0 aliphatic carbocycles. The Hall–Kier alpha value is -0.200. The lowest BCUT2D eigenvalue weighted by Gasteiger charge is -2.03. The van der Waals surface area contributed by atoms with Crippen LogP contribution in [0.25, 0.3) is 0 Å². The predicted octanol–water partition coefficient (Wildman–Crippen LogP) is 2.71. The summed E-state index contributed by atoms with van der Waals surface area (Å²) in [6, 6.07) is -0.126. The van der Waals surface area contributed by atoms with Gasteiger partial charge < -0.3 is 10.3 Å². The average molecular weight is 275 g/mol. The van der Waals surface area contributed by atoms with E-state index < -0.39 is 0 Å². The lowest BCUT2D eigenvalue weighted by molar-refractivity contribution is 0.350.